The number of hydrogen-bond acceptors (Lipinski definition) is 6. The first kappa shape index (κ1) is 16.7. The molecule has 0 amide bonds. The van der Waals surface area contributed by atoms with Crippen LogP contribution in [0, 0.1) is 10.1 Å². The summed E-state index contributed by atoms with van der Waals surface area (Å²) in [7, 11) is 0. The molecule has 0 spiro atoms. The van der Waals surface area contributed by atoms with Gasteiger partial charge in [-0.2, -0.15) is 4.98 Å². The average molecular weight is 404 g/mol. The first-order chi connectivity index (χ1) is 11.9. The van der Waals surface area contributed by atoms with E-state index in [0.717, 1.165) is 10.0 Å². The normalized spacial score (nSPS) is 11.1. The summed E-state index contributed by atoms with van der Waals surface area (Å²) in [5.74, 6) is 0.164. The summed E-state index contributed by atoms with van der Waals surface area (Å²) in [6.45, 7) is 0. The zero-order valence-electron chi connectivity index (χ0n) is 12.5. The molecule has 25 heavy (non-hydrogen) atoms. The van der Waals surface area contributed by atoms with Gasteiger partial charge in [0, 0.05) is 10.0 Å². The molecule has 2 N–H and O–H groups in total. The van der Waals surface area contributed by atoms with Gasteiger partial charge < -0.3 is 14.5 Å². The van der Waals surface area contributed by atoms with E-state index in [0.29, 0.717) is 11.5 Å². The lowest BCUT2D eigenvalue weighted by Gasteiger charge is -1.97. The van der Waals surface area contributed by atoms with Crippen molar-refractivity contribution in [3.8, 4) is 17.2 Å². The number of halogens is 1. The van der Waals surface area contributed by atoms with Crippen molar-refractivity contribution >= 4 is 33.8 Å². The highest BCUT2D eigenvalue weighted by Gasteiger charge is 2.21. The first-order valence-electron chi connectivity index (χ1n) is 6.95. The summed E-state index contributed by atoms with van der Waals surface area (Å²) in [5, 5.41) is 20.1. The highest BCUT2D eigenvalue weighted by molar-refractivity contribution is 9.10. The largest absolute Gasteiger partial charge is 0.488 e. The van der Waals surface area contributed by atoms with Crippen LogP contribution in [0.4, 0.5) is 5.69 Å². The van der Waals surface area contributed by atoms with E-state index in [1.165, 1.54) is 12.2 Å². The van der Waals surface area contributed by atoms with Crippen molar-refractivity contribution in [1.29, 1.82) is 0 Å². The summed E-state index contributed by atoms with van der Waals surface area (Å²) in [4.78, 5) is 27.0. The van der Waals surface area contributed by atoms with E-state index in [1.807, 2.05) is 24.3 Å². The van der Waals surface area contributed by atoms with Crippen LogP contribution in [0.5, 0.6) is 5.88 Å². The van der Waals surface area contributed by atoms with Crippen LogP contribution < -0.4 is 5.56 Å². The van der Waals surface area contributed by atoms with Crippen molar-refractivity contribution < 1.29 is 14.4 Å². The van der Waals surface area contributed by atoms with Crippen LogP contribution in [-0.2, 0) is 0 Å². The Labute approximate surface area is 148 Å². The molecule has 2 heterocycles. The molecule has 3 aromatic rings. The molecule has 0 fully saturated rings. The van der Waals surface area contributed by atoms with E-state index < -0.39 is 22.0 Å². The van der Waals surface area contributed by atoms with E-state index >= 15 is 0 Å². The fourth-order valence-electron chi connectivity index (χ4n) is 2.09. The number of nitrogens with zero attached hydrogens (tertiary/aromatic N) is 2. The minimum absolute atomic E-state index is 0.0327. The number of furan rings is 1. The second-order valence-corrected chi connectivity index (χ2v) is 5.84. The lowest BCUT2D eigenvalue weighted by Crippen LogP contribution is -2.14. The lowest BCUT2D eigenvalue weighted by molar-refractivity contribution is -0.387. The monoisotopic (exact) mass is 403 g/mol. The summed E-state index contributed by atoms with van der Waals surface area (Å²) in [6.07, 6.45) is 2.89. The van der Waals surface area contributed by atoms with Gasteiger partial charge in [-0.1, -0.05) is 28.1 Å². The molecule has 0 aliphatic rings. The quantitative estimate of drug-likeness (QED) is 0.506. The van der Waals surface area contributed by atoms with Crippen molar-refractivity contribution in [2.45, 2.75) is 0 Å². The van der Waals surface area contributed by atoms with Gasteiger partial charge in [0.05, 0.1) is 4.92 Å². The van der Waals surface area contributed by atoms with Crippen LogP contribution in [0.3, 0.4) is 0 Å². The SMILES string of the molecule is O=c1[nH]c(/C=C\c2ccc(-c3ccc(Br)cc3)o2)nc(O)c1[N+](=O)[O-]. The molecule has 0 aliphatic carbocycles. The van der Waals surface area contributed by atoms with Crippen LogP contribution in [0.2, 0.25) is 0 Å². The molecule has 0 saturated heterocycles. The standard InChI is InChI=1S/C16H10BrN3O5/c17-10-3-1-9(2-4-10)12-7-5-11(25-12)6-8-13-18-15(21)14(20(23)24)16(22)19-13/h1-8H,(H2,18,19,21,22)/b8-6-. The molecule has 1 aromatic carbocycles. The Hall–Kier alpha value is -3.20. The van der Waals surface area contributed by atoms with Crippen LogP contribution in [-0.4, -0.2) is 20.0 Å². The average Bonchev–Trinajstić information content (AvgIpc) is 3.01. The number of aromatic amines is 1. The number of H-pyrrole nitrogens is 1. The van der Waals surface area contributed by atoms with E-state index in [4.69, 9.17) is 4.42 Å². The highest BCUT2D eigenvalue weighted by Crippen LogP contribution is 2.25. The minimum Gasteiger partial charge on any atom is -0.488 e. The number of rotatable bonds is 4. The Bertz CT molecular complexity index is 1020. The van der Waals surface area contributed by atoms with Crippen LogP contribution in [0.15, 0.2) is 50.1 Å². The van der Waals surface area contributed by atoms with Crippen molar-refractivity contribution in [3.05, 3.63) is 72.9 Å². The number of nitrogens with one attached hydrogen (secondary N) is 1. The molecule has 9 heteroatoms. The van der Waals surface area contributed by atoms with E-state index in [2.05, 4.69) is 25.9 Å². The third kappa shape index (κ3) is 3.66. The van der Waals surface area contributed by atoms with E-state index in [9.17, 15) is 20.0 Å². The number of benzene rings is 1. The molecule has 0 radical (unpaired) electrons. The smallest absolute Gasteiger partial charge is 0.395 e. The Morgan fingerprint density at radius 3 is 2.56 bits per heavy atom. The molecular formula is C16H10BrN3O5. The number of aromatic hydroxyl groups is 1. The third-order valence-corrected chi connectivity index (χ3v) is 3.77. The lowest BCUT2D eigenvalue weighted by atomic mass is 10.2. The van der Waals surface area contributed by atoms with Crippen molar-refractivity contribution in [3.63, 3.8) is 0 Å². The van der Waals surface area contributed by atoms with E-state index in [-0.39, 0.29) is 5.82 Å². The first-order valence-corrected chi connectivity index (χ1v) is 7.75. The number of nitro groups is 1. The second-order valence-electron chi connectivity index (χ2n) is 4.92. The van der Waals surface area contributed by atoms with Gasteiger partial charge in [0.2, 0.25) is 0 Å². The van der Waals surface area contributed by atoms with Gasteiger partial charge >= 0.3 is 11.2 Å². The molecule has 0 aliphatic heterocycles. The fraction of sp³-hybridized carbons (Fsp3) is 0. The molecule has 3 rings (SSSR count). The van der Waals surface area contributed by atoms with Gasteiger partial charge in [0.1, 0.15) is 17.3 Å². The van der Waals surface area contributed by atoms with Crippen LogP contribution >= 0.6 is 15.9 Å². The molecule has 0 atom stereocenters. The summed E-state index contributed by atoms with van der Waals surface area (Å²) < 4.78 is 6.62. The van der Waals surface area contributed by atoms with Crippen LogP contribution in [0.25, 0.3) is 23.5 Å². The number of hydrogen-bond donors (Lipinski definition) is 2. The Morgan fingerprint density at radius 2 is 1.92 bits per heavy atom. The molecular weight excluding hydrogens is 394 g/mol. The molecule has 0 saturated carbocycles. The Morgan fingerprint density at radius 1 is 1.20 bits per heavy atom. The minimum atomic E-state index is -1.04. The van der Waals surface area contributed by atoms with Gasteiger partial charge in [-0.05, 0) is 36.4 Å². The fourth-order valence-corrected chi connectivity index (χ4v) is 2.35. The molecule has 8 nitrogen and oxygen atoms in total. The van der Waals surface area contributed by atoms with Crippen molar-refractivity contribution in [2.24, 2.45) is 0 Å². The highest BCUT2D eigenvalue weighted by atomic mass is 79.9. The maximum Gasteiger partial charge on any atom is 0.395 e. The molecule has 126 valence electrons. The zero-order chi connectivity index (χ0) is 18.0. The topological polar surface area (TPSA) is 122 Å². The second kappa shape index (κ2) is 6.73. The maximum absolute atomic E-state index is 11.6. The Balaban J connectivity index is 1.85. The van der Waals surface area contributed by atoms with Gasteiger partial charge in [0.15, 0.2) is 0 Å². The maximum atomic E-state index is 11.6. The van der Waals surface area contributed by atoms with Gasteiger partial charge in [-0.25, -0.2) is 0 Å². The molecule has 2 aromatic heterocycles. The Kier molecular flexibility index (Phi) is 4.48. The van der Waals surface area contributed by atoms with Gasteiger partial charge in [-0.15, -0.1) is 0 Å². The molecule has 0 bridgehead atoms. The van der Waals surface area contributed by atoms with E-state index in [1.54, 1.807) is 12.1 Å². The van der Waals surface area contributed by atoms with Crippen LogP contribution in [0.1, 0.15) is 11.6 Å². The summed E-state index contributed by atoms with van der Waals surface area (Å²) in [6, 6.07) is 11.1. The predicted octanol–water partition coefficient (Wildman–Crippen LogP) is 3.58. The van der Waals surface area contributed by atoms with Crippen molar-refractivity contribution in [2.75, 3.05) is 0 Å². The van der Waals surface area contributed by atoms with Gasteiger partial charge in [-0.3, -0.25) is 14.9 Å². The summed E-state index contributed by atoms with van der Waals surface area (Å²) in [5.41, 5.74) is -1.14. The van der Waals surface area contributed by atoms with Crippen molar-refractivity contribution in [1.82, 2.24) is 9.97 Å². The van der Waals surface area contributed by atoms with Gasteiger partial charge in [0.25, 0.3) is 5.88 Å². The molecule has 0 unspecified atom stereocenters. The predicted molar refractivity (Wildman–Crippen MR) is 93.9 cm³/mol. The number of aromatic nitrogens is 2. The zero-order valence-corrected chi connectivity index (χ0v) is 14.1. The summed E-state index contributed by atoms with van der Waals surface area (Å²) >= 11 is 3.36. The third-order valence-electron chi connectivity index (χ3n) is 3.24.